The first-order chi connectivity index (χ1) is 13.0. The third-order valence-corrected chi connectivity index (χ3v) is 4.08. The molecule has 3 aromatic rings. The van der Waals surface area contributed by atoms with Crippen LogP contribution in [0.25, 0.3) is 0 Å². The number of benzene rings is 3. The Morgan fingerprint density at radius 2 is 1.07 bits per heavy atom. The van der Waals surface area contributed by atoms with Crippen LogP contribution >= 0.6 is 0 Å². The van der Waals surface area contributed by atoms with Crippen LogP contribution in [0, 0.1) is 0 Å². The molecule has 0 saturated carbocycles. The van der Waals surface area contributed by atoms with E-state index < -0.39 is 11.9 Å². The zero-order valence-electron chi connectivity index (χ0n) is 15.2. The summed E-state index contributed by atoms with van der Waals surface area (Å²) in [5, 5.41) is 0. The number of ether oxygens (including phenoxy) is 2. The summed E-state index contributed by atoms with van der Waals surface area (Å²) in [6.45, 7) is 4.19. The van der Waals surface area contributed by atoms with Gasteiger partial charge in [0.2, 0.25) is 0 Å². The van der Waals surface area contributed by atoms with Gasteiger partial charge in [0, 0.05) is 0 Å². The molecule has 4 nitrogen and oxygen atoms in total. The molecule has 4 heteroatoms. The second-order valence-electron chi connectivity index (χ2n) is 6.36. The van der Waals surface area contributed by atoms with Crippen LogP contribution in [0.3, 0.4) is 0 Å². The van der Waals surface area contributed by atoms with Gasteiger partial charge in [0.25, 0.3) is 0 Å². The molecule has 0 spiro atoms. The van der Waals surface area contributed by atoms with Crippen molar-refractivity contribution in [1.29, 1.82) is 0 Å². The predicted octanol–water partition coefficient (Wildman–Crippen LogP) is 5.25. The SMILES string of the molecule is CC(C)c1ccc(OC(=O)c2ccccc2C(=O)Oc2ccccc2)cc1. The highest BCUT2D eigenvalue weighted by atomic mass is 16.5. The number of rotatable bonds is 5. The second kappa shape index (κ2) is 8.32. The van der Waals surface area contributed by atoms with E-state index in [9.17, 15) is 9.59 Å². The maximum absolute atomic E-state index is 12.6. The van der Waals surface area contributed by atoms with Gasteiger partial charge in [-0.2, -0.15) is 0 Å². The van der Waals surface area contributed by atoms with Gasteiger partial charge < -0.3 is 9.47 Å². The van der Waals surface area contributed by atoms with E-state index >= 15 is 0 Å². The minimum Gasteiger partial charge on any atom is -0.423 e. The Balaban J connectivity index is 1.78. The van der Waals surface area contributed by atoms with Crippen molar-refractivity contribution in [2.45, 2.75) is 19.8 Å². The van der Waals surface area contributed by atoms with Gasteiger partial charge in [-0.15, -0.1) is 0 Å². The van der Waals surface area contributed by atoms with Gasteiger partial charge in [-0.3, -0.25) is 0 Å². The van der Waals surface area contributed by atoms with Gasteiger partial charge in [-0.1, -0.05) is 56.3 Å². The number of hydrogen-bond donors (Lipinski definition) is 0. The van der Waals surface area contributed by atoms with E-state index in [-0.39, 0.29) is 11.1 Å². The van der Waals surface area contributed by atoms with Crippen molar-refractivity contribution in [3.63, 3.8) is 0 Å². The molecule has 0 atom stereocenters. The fraction of sp³-hybridized carbons (Fsp3) is 0.130. The largest absolute Gasteiger partial charge is 0.423 e. The number of para-hydroxylation sites is 1. The number of esters is 2. The zero-order chi connectivity index (χ0) is 19.2. The lowest BCUT2D eigenvalue weighted by molar-refractivity contribution is 0.0692. The van der Waals surface area contributed by atoms with E-state index in [2.05, 4.69) is 13.8 Å². The summed E-state index contributed by atoms with van der Waals surface area (Å²) in [6.07, 6.45) is 0. The first-order valence-corrected chi connectivity index (χ1v) is 8.73. The maximum Gasteiger partial charge on any atom is 0.344 e. The molecule has 0 aliphatic rings. The summed E-state index contributed by atoms with van der Waals surface area (Å²) in [6, 6.07) is 22.5. The molecular formula is C23H20O4. The van der Waals surface area contributed by atoms with Crippen molar-refractivity contribution in [2.24, 2.45) is 0 Å². The lowest BCUT2D eigenvalue weighted by Crippen LogP contribution is -2.17. The number of carbonyl (C=O) groups is 2. The van der Waals surface area contributed by atoms with Crippen molar-refractivity contribution in [2.75, 3.05) is 0 Å². The molecule has 0 bridgehead atoms. The Morgan fingerprint density at radius 3 is 1.56 bits per heavy atom. The van der Waals surface area contributed by atoms with Crippen molar-refractivity contribution >= 4 is 11.9 Å². The highest BCUT2D eigenvalue weighted by Crippen LogP contribution is 2.21. The molecule has 27 heavy (non-hydrogen) atoms. The molecule has 0 radical (unpaired) electrons. The summed E-state index contributed by atoms with van der Waals surface area (Å²) in [5.74, 6) is 0.0191. The molecule has 0 amide bonds. The van der Waals surface area contributed by atoms with Crippen molar-refractivity contribution in [3.8, 4) is 11.5 Å². The molecule has 0 heterocycles. The highest BCUT2D eigenvalue weighted by Gasteiger charge is 2.20. The molecule has 0 saturated heterocycles. The summed E-state index contributed by atoms with van der Waals surface area (Å²) in [7, 11) is 0. The van der Waals surface area contributed by atoms with Gasteiger partial charge in [0.05, 0.1) is 11.1 Å². The van der Waals surface area contributed by atoms with E-state index in [1.54, 1.807) is 60.7 Å². The lowest BCUT2D eigenvalue weighted by atomic mass is 10.0. The van der Waals surface area contributed by atoms with E-state index in [0.29, 0.717) is 17.4 Å². The lowest BCUT2D eigenvalue weighted by Gasteiger charge is -2.10. The van der Waals surface area contributed by atoms with E-state index in [1.807, 2.05) is 18.2 Å². The van der Waals surface area contributed by atoms with Crippen LogP contribution in [0.1, 0.15) is 46.0 Å². The van der Waals surface area contributed by atoms with Gasteiger partial charge in [0.1, 0.15) is 11.5 Å². The second-order valence-corrected chi connectivity index (χ2v) is 6.36. The third-order valence-electron chi connectivity index (χ3n) is 4.08. The fourth-order valence-electron chi connectivity index (χ4n) is 2.57. The van der Waals surface area contributed by atoms with Crippen LogP contribution in [0.4, 0.5) is 0 Å². The van der Waals surface area contributed by atoms with Crippen LogP contribution in [-0.2, 0) is 0 Å². The van der Waals surface area contributed by atoms with Crippen molar-refractivity contribution in [3.05, 3.63) is 95.6 Å². The van der Waals surface area contributed by atoms with E-state index in [1.165, 1.54) is 0 Å². The van der Waals surface area contributed by atoms with Crippen molar-refractivity contribution in [1.82, 2.24) is 0 Å². The van der Waals surface area contributed by atoms with Gasteiger partial charge >= 0.3 is 11.9 Å². The number of hydrogen-bond acceptors (Lipinski definition) is 4. The highest BCUT2D eigenvalue weighted by molar-refractivity contribution is 6.04. The van der Waals surface area contributed by atoms with Gasteiger partial charge in [-0.25, -0.2) is 9.59 Å². The smallest absolute Gasteiger partial charge is 0.344 e. The molecule has 0 unspecified atom stereocenters. The van der Waals surface area contributed by atoms with Crippen LogP contribution in [0.5, 0.6) is 11.5 Å². The first kappa shape index (κ1) is 18.4. The summed E-state index contributed by atoms with van der Waals surface area (Å²) in [5.41, 5.74) is 1.47. The molecular weight excluding hydrogens is 340 g/mol. The molecule has 0 aliphatic carbocycles. The molecule has 0 N–H and O–H groups in total. The van der Waals surface area contributed by atoms with E-state index in [4.69, 9.17) is 9.47 Å². The van der Waals surface area contributed by atoms with Crippen molar-refractivity contribution < 1.29 is 19.1 Å². The third kappa shape index (κ3) is 4.61. The van der Waals surface area contributed by atoms with Crippen LogP contribution in [0.15, 0.2) is 78.9 Å². The minimum absolute atomic E-state index is 0.158. The molecule has 0 aromatic heterocycles. The van der Waals surface area contributed by atoms with Crippen LogP contribution in [0.2, 0.25) is 0 Å². The minimum atomic E-state index is -0.607. The molecule has 3 rings (SSSR count). The monoisotopic (exact) mass is 360 g/mol. The van der Waals surface area contributed by atoms with Gasteiger partial charge in [0.15, 0.2) is 0 Å². The first-order valence-electron chi connectivity index (χ1n) is 8.73. The summed E-state index contributed by atoms with van der Waals surface area (Å²) < 4.78 is 10.8. The summed E-state index contributed by atoms with van der Waals surface area (Å²) >= 11 is 0. The molecule has 0 aliphatic heterocycles. The van der Waals surface area contributed by atoms with Crippen LogP contribution < -0.4 is 9.47 Å². The van der Waals surface area contributed by atoms with Gasteiger partial charge in [-0.05, 0) is 47.9 Å². The fourth-order valence-corrected chi connectivity index (χ4v) is 2.57. The predicted molar refractivity (Wildman–Crippen MR) is 103 cm³/mol. The normalized spacial score (nSPS) is 10.5. The Hall–Kier alpha value is -3.40. The quantitative estimate of drug-likeness (QED) is 0.461. The summed E-state index contributed by atoms with van der Waals surface area (Å²) in [4.78, 5) is 25.1. The van der Waals surface area contributed by atoms with E-state index in [0.717, 1.165) is 5.56 Å². The number of carbonyl (C=O) groups excluding carboxylic acids is 2. The standard InChI is InChI=1S/C23H20O4/c1-16(2)17-12-14-19(15-13-17)27-23(25)21-11-7-6-10-20(21)22(24)26-18-8-4-3-5-9-18/h3-16H,1-2H3. The molecule has 3 aromatic carbocycles. The Labute approximate surface area is 158 Å². The molecule has 0 fully saturated rings. The topological polar surface area (TPSA) is 52.6 Å². The maximum atomic E-state index is 12.6. The zero-order valence-corrected chi connectivity index (χ0v) is 15.2. The average Bonchev–Trinajstić information content (AvgIpc) is 2.69. The van der Waals surface area contributed by atoms with Crippen LogP contribution in [-0.4, -0.2) is 11.9 Å². The average molecular weight is 360 g/mol. The molecule has 136 valence electrons. The Kier molecular flexibility index (Phi) is 5.67. The Morgan fingerprint density at radius 1 is 0.630 bits per heavy atom. The Bertz CT molecular complexity index is 928.